The smallest absolute Gasteiger partial charge is 0.407 e. The first-order chi connectivity index (χ1) is 9.28. The van der Waals surface area contributed by atoms with Gasteiger partial charge >= 0.3 is 6.09 Å². The highest BCUT2D eigenvalue weighted by atomic mass is 19.1. The van der Waals surface area contributed by atoms with Crippen molar-refractivity contribution in [2.75, 3.05) is 6.54 Å². The molecule has 5 heteroatoms. The molecular weight excluding hydrogens is 259 g/mol. The van der Waals surface area contributed by atoms with Gasteiger partial charge in [-0.05, 0) is 45.7 Å². The Balaban J connectivity index is 2.32. The minimum absolute atomic E-state index is 0.426. The highest BCUT2D eigenvalue weighted by Gasteiger charge is 2.15. The van der Waals surface area contributed by atoms with Gasteiger partial charge in [0.1, 0.15) is 5.60 Å². The molecule has 110 valence electrons. The first kappa shape index (κ1) is 16.1. The summed E-state index contributed by atoms with van der Waals surface area (Å²) in [5.74, 6) is -0.450. The first-order valence-electron chi connectivity index (χ1n) is 6.53. The average Bonchev–Trinajstić information content (AvgIpc) is 2.31. The molecule has 0 saturated heterocycles. The maximum atomic E-state index is 13.0. The number of halogens is 1. The van der Waals surface area contributed by atoms with E-state index in [-0.39, 0.29) is 0 Å². The van der Waals surface area contributed by atoms with Crippen molar-refractivity contribution in [1.82, 2.24) is 10.3 Å². The van der Waals surface area contributed by atoms with E-state index in [1.165, 1.54) is 6.20 Å². The highest BCUT2D eigenvalue weighted by Crippen LogP contribution is 2.08. The lowest BCUT2D eigenvalue weighted by Gasteiger charge is -2.19. The molecule has 0 radical (unpaired) electrons. The van der Waals surface area contributed by atoms with Gasteiger partial charge in [-0.1, -0.05) is 12.2 Å². The molecule has 20 heavy (non-hydrogen) atoms. The van der Waals surface area contributed by atoms with Crippen LogP contribution >= 0.6 is 0 Å². The number of ether oxygens (including phenoxy) is 1. The maximum absolute atomic E-state index is 13.0. The minimum atomic E-state index is -0.489. The fourth-order valence-electron chi connectivity index (χ4n) is 1.46. The molecule has 4 nitrogen and oxygen atoms in total. The fourth-order valence-corrected chi connectivity index (χ4v) is 1.46. The number of amides is 1. The van der Waals surface area contributed by atoms with Crippen LogP contribution in [0.1, 0.15) is 38.3 Å². The summed E-state index contributed by atoms with van der Waals surface area (Å²) in [6, 6.07) is 1.72. The first-order valence-corrected chi connectivity index (χ1v) is 6.53. The predicted molar refractivity (Wildman–Crippen MR) is 76.8 cm³/mol. The number of aryl methyl sites for hydroxylation is 1. The predicted octanol–water partition coefficient (Wildman–Crippen LogP) is 3.46. The van der Waals surface area contributed by atoms with Crippen LogP contribution < -0.4 is 5.32 Å². The molecule has 0 bridgehead atoms. The summed E-state index contributed by atoms with van der Waals surface area (Å²) in [6.07, 6.45) is 5.45. The molecule has 0 saturated carbocycles. The number of nitrogens with zero attached hydrogens (tertiary/aromatic N) is 1. The van der Waals surface area contributed by atoms with E-state index in [9.17, 15) is 9.18 Å². The standard InChI is InChI=1S/C15H21FN2O2/c1-11-9-12(10-18-13(11)16)7-5-6-8-17-14(19)20-15(2,3)4/h5,7,9-10H,6,8H2,1-4H3,(H,17,19). The van der Waals surface area contributed by atoms with Crippen LogP contribution in [-0.4, -0.2) is 23.2 Å². The molecule has 0 aromatic carbocycles. The lowest BCUT2D eigenvalue weighted by molar-refractivity contribution is 0.0529. The van der Waals surface area contributed by atoms with Crippen molar-refractivity contribution in [3.05, 3.63) is 35.4 Å². The van der Waals surface area contributed by atoms with E-state index in [1.807, 2.05) is 32.9 Å². The molecule has 1 aromatic rings. The van der Waals surface area contributed by atoms with Gasteiger partial charge < -0.3 is 10.1 Å². The van der Waals surface area contributed by atoms with Gasteiger partial charge in [0.15, 0.2) is 0 Å². The van der Waals surface area contributed by atoms with Crippen molar-refractivity contribution in [3.63, 3.8) is 0 Å². The normalized spacial score (nSPS) is 11.7. The zero-order chi connectivity index (χ0) is 15.2. The molecule has 0 fully saturated rings. The van der Waals surface area contributed by atoms with Gasteiger partial charge in [0.05, 0.1) is 0 Å². The summed E-state index contributed by atoms with van der Waals surface area (Å²) < 4.78 is 18.1. The number of hydrogen-bond acceptors (Lipinski definition) is 3. The van der Waals surface area contributed by atoms with Crippen molar-refractivity contribution >= 4 is 12.2 Å². The van der Waals surface area contributed by atoms with E-state index in [0.717, 1.165) is 5.56 Å². The van der Waals surface area contributed by atoms with Crippen LogP contribution in [0.2, 0.25) is 0 Å². The van der Waals surface area contributed by atoms with Crippen molar-refractivity contribution in [3.8, 4) is 0 Å². The van der Waals surface area contributed by atoms with Gasteiger partial charge in [-0.3, -0.25) is 0 Å². The van der Waals surface area contributed by atoms with E-state index in [2.05, 4.69) is 10.3 Å². The van der Waals surface area contributed by atoms with Gasteiger partial charge in [0.2, 0.25) is 5.95 Å². The monoisotopic (exact) mass is 280 g/mol. The fraction of sp³-hybridized carbons (Fsp3) is 0.467. The Bertz CT molecular complexity index is 493. The molecule has 0 unspecified atom stereocenters. The van der Waals surface area contributed by atoms with Gasteiger partial charge in [0.25, 0.3) is 0 Å². The number of hydrogen-bond donors (Lipinski definition) is 1. The molecule has 0 spiro atoms. The molecule has 0 aliphatic carbocycles. The Morgan fingerprint density at radius 1 is 1.50 bits per heavy atom. The molecule has 1 N–H and O–H groups in total. The van der Waals surface area contributed by atoms with E-state index in [1.54, 1.807) is 13.0 Å². The third kappa shape index (κ3) is 6.31. The Hall–Kier alpha value is -1.91. The highest BCUT2D eigenvalue weighted by molar-refractivity contribution is 5.67. The summed E-state index contributed by atoms with van der Waals surface area (Å²) in [6.45, 7) is 7.60. The van der Waals surface area contributed by atoms with Crippen LogP contribution in [0.3, 0.4) is 0 Å². The van der Waals surface area contributed by atoms with Crippen LogP contribution in [0.5, 0.6) is 0 Å². The lowest BCUT2D eigenvalue weighted by atomic mass is 10.2. The van der Waals surface area contributed by atoms with E-state index in [4.69, 9.17) is 4.74 Å². The summed E-state index contributed by atoms with van der Waals surface area (Å²) in [4.78, 5) is 15.0. The number of rotatable bonds is 4. The topological polar surface area (TPSA) is 51.2 Å². The zero-order valence-corrected chi connectivity index (χ0v) is 12.4. The summed E-state index contributed by atoms with van der Waals surface area (Å²) in [7, 11) is 0. The maximum Gasteiger partial charge on any atom is 0.407 e. The molecule has 1 heterocycles. The third-order valence-electron chi connectivity index (χ3n) is 2.33. The Kier molecular flexibility index (Phi) is 5.67. The molecule has 1 amide bonds. The van der Waals surface area contributed by atoms with Crippen molar-refractivity contribution in [1.29, 1.82) is 0 Å². The molecule has 0 aliphatic heterocycles. The third-order valence-corrected chi connectivity index (χ3v) is 2.33. The Labute approximate surface area is 119 Å². The molecule has 0 aliphatic rings. The van der Waals surface area contributed by atoms with E-state index >= 15 is 0 Å². The zero-order valence-electron chi connectivity index (χ0n) is 12.4. The number of aromatic nitrogens is 1. The Morgan fingerprint density at radius 2 is 2.20 bits per heavy atom. The van der Waals surface area contributed by atoms with Crippen LogP contribution in [-0.2, 0) is 4.74 Å². The number of nitrogens with one attached hydrogen (secondary N) is 1. The number of carbonyl (C=O) groups is 1. The SMILES string of the molecule is Cc1cc(C=CCCNC(=O)OC(C)(C)C)cnc1F. The lowest BCUT2D eigenvalue weighted by Crippen LogP contribution is -2.32. The number of pyridine rings is 1. The van der Waals surface area contributed by atoms with Crippen molar-refractivity contribution < 1.29 is 13.9 Å². The number of alkyl carbamates (subject to hydrolysis) is 1. The van der Waals surface area contributed by atoms with Crippen LogP contribution in [0.4, 0.5) is 9.18 Å². The van der Waals surface area contributed by atoms with E-state index < -0.39 is 17.6 Å². The van der Waals surface area contributed by atoms with Crippen LogP contribution in [0.15, 0.2) is 18.3 Å². The summed E-state index contributed by atoms with van der Waals surface area (Å²) in [5.41, 5.74) is 0.859. The molecule has 0 atom stereocenters. The summed E-state index contributed by atoms with van der Waals surface area (Å²) >= 11 is 0. The Morgan fingerprint density at radius 3 is 2.80 bits per heavy atom. The summed E-state index contributed by atoms with van der Waals surface area (Å²) in [5, 5.41) is 2.66. The minimum Gasteiger partial charge on any atom is -0.444 e. The van der Waals surface area contributed by atoms with Crippen LogP contribution in [0, 0.1) is 12.9 Å². The van der Waals surface area contributed by atoms with Crippen LogP contribution in [0.25, 0.3) is 6.08 Å². The van der Waals surface area contributed by atoms with Gasteiger partial charge in [-0.25, -0.2) is 9.78 Å². The van der Waals surface area contributed by atoms with Gasteiger partial charge in [-0.2, -0.15) is 4.39 Å². The largest absolute Gasteiger partial charge is 0.444 e. The van der Waals surface area contributed by atoms with Gasteiger partial charge in [-0.15, -0.1) is 0 Å². The van der Waals surface area contributed by atoms with Crippen molar-refractivity contribution in [2.24, 2.45) is 0 Å². The van der Waals surface area contributed by atoms with Gasteiger partial charge in [0, 0.05) is 18.3 Å². The van der Waals surface area contributed by atoms with E-state index in [0.29, 0.717) is 18.5 Å². The molecule has 1 aromatic heterocycles. The average molecular weight is 280 g/mol. The number of carbonyl (C=O) groups excluding carboxylic acids is 1. The second-order valence-corrected chi connectivity index (χ2v) is 5.50. The second kappa shape index (κ2) is 7.03. The molecular formula is C15H21FN2O2. The molecule has 1 rings (SSSR count). The quantitative estimate of drug-likeness (QED) is 0.679. The second-order valence-electron chi connectivity index (χ2n) is 5.50. The van der Waals surface area contributed by atoms with Crippen molar-refractivity contribution in [2.45, 2.75) is 39.7 Å².